The van der Waals surface area contributed by atoms with Crippen LogP contribution in [-0.4, -0.2) is 51.8 Å². The summed E-state index contributed by atoms with van der Waals surface area (Å²) < 4.78 is 42.2. The summed E-state index contributed by atoms with van der Waals surface area (Å²) in [6.07, 6.45) is -3.52. The van der Waals surface area contributed by atoms with E-state index >= 15 is 0 Å². The molecule has 0 radical (unpaired) electrons. The molecule has 1 aromatic carbocycles. The smallest absolute Gasteiger partial charge is 0.383 e. The second-order valence-electron chi connectivity index (χ2n) is 4.99. The summed E-state index contributed by atoms with van der Waals surface area (Å²) in [6.45, 7) is 4.09. The Labute approximate surface area is 124 Å². The van der Waals surface area contributed by atoms with Crippen molar-refractivity contribution in [1.29, 1.82) is 0 Å². The highest BCUT2D eigenvalue weighted by Crippen LogP contribution is 2.29. The van der Waals surface area contributed by atoms with Crippen LogP contribution in [0.3, 0.4) is 0 Å². The Balaban J connectivity index is 2.25. The van der Waals surface area contributed by atoms with Gasteiger partial charge in [-0.2, -0.15) is 13.2 Å². The van der Waals surface area contributed by atoms with Gasteiger partial charge in [0.25, 0.3) is 0 Å². The summed E-state index contributed by atoms with van der Waals surface area (Å²) in [5.41, 5.74) is 0.323. The third kappa shape index (κ3) is 7.45. The van der Waals surface area contributed by atoms with Crippen molar-refractivity contribution in [2.24, 2.45) is 0 Å². The van der Waals surface area contributed by atoms with E-state index in [0.717, 1.165) is 50.3 Å². The average molecular weight is 304 g/mol. The second-order valence-corrected chi connectivity index (χ2v) is 4.99. The van der Waals surface area contributed by atoms with Crippen LogP contribution in [0.25, 0.3) is 0 Å². The molecule has 21 heavy (non-hydrogen) atoms. The van der Waals surface area contributed by atoms with Gasteiger partial charge in [-0.1, -0.05) is 12.1 Å². The number of rotatable bonds is 9. The number of ether oxygens (including phenoxy) is 1. The fraction of sp³-hybridized carbons (Fsp3) is 0.600. The minimum absolute atomic E-state index is 0.595. The molecule has 0 bridgehead atoms. The van der Waals surface area contributed by atoms with Crippen LogP contribution in [0.1, 0.15) is 11.1 Å². The van der Waals surface area contributed by atoms with Crippen LogP contribution in [0.15, 0.2) is 24.3 Å². The molecule has 120 valence electrons. The molecular formula is C15H23F3N2O. The lowest BCUT2D eigenvalue weighted by molar-refractivity contribution is -0.137. The maximum Gasteiger partial charge on any atom is 0.416 e. The quantitative estimate of drug-likeness (QED) is 0.709. The molecule has 0 heterocycles. The Morgan fingerprint density at radius 1 is 1.10 bits per heavy atom. The molecule has 0 unspecified atom stereocenters. The first kappa shape index (κ1) is 17.9. The molecule has 0 amide bonds. The number of methoxy groups -OCH3 is 1. The van der Waals surface area contributed by atoms with Gasteiger partial charge in [-0.3, -0.25) is 0 Å². The SMILES string of the molecule is COCCNCCN(C)CCc1ccc(C(F)(F)F)cc1. The van der Waals surface area contributed by atoms with Crippen molar-refractivity contribution in [2.45, 2.75) is 12.6 Å². The lowest BCUT2D eigenvalue weighted by Gasteiger charge is -2.17. The maximum absolute atomic E-state index is 12.4. The molecule has 0 saturated heterocycles. The van der Waals surface area contributed by atoms with Gasteiger partial charge in [-0.25, -0.2) is 0 Å². The number of likely N-dealkylation sites (N-methyl/N-ethyl adjacent to an activating group) is 1. The zero-order valence-electron chi connectivity index (χ0n) is 12.5. The minimum atomic E-state index is -4.26. The molecule has 1 aromatic rings. The molecule has 0 aliphatic heterocycles. The number of alkyl halides is 3. The molecule has 0 atom stereocenters. The van der Waals surface area contributed by atoms with E-state index in [1.165, 1.54) is 0 Å². The molecule has 0 aliphatic rings. The number of hydrogen-bond donors (Lipinski definition) is 1. The van der Waals surface area contributed by atoms with Gasteiger partial charge in [0.2, 0.25) is 0 Å². The molecule has 3 nitrogen and oxygen atoms in total. The van der Waals surface area contributed by atoms with Gasteiger partial charge in [-0.05, 0) is 31.2 Å². The van der Waals surface area contributed by atoms with Crippen LogP contribution in [0.4, 0.5) is 13.2 Å². The van der Waals surface area contributed by atoms with Crippen LogP contribution in [0, 0.1) is 0 Å². The number of nitrogens with one attached hydrogen (secondary N) is 1. The Kier molecular flexibility index (Phi) is 7.71. The Bertz CT molecular complexity index is 393. The third-order valence-electron chi connectivity index (χ3n) is 3.22. The zero-order chi connectivity index (χ0) is 15.7. The summed E-state index contributed by atoms with van der Waals surface area (Å²) in [6, 6.07) is 5.38. The summed E-state index contributed by atoms with van der Waals surface area (Å²) >= 11 is 0. The standard InChI is InChI=1S/C15H23F3N2O/c1-20(11-8-19-9-12-21-2)10-7-13-3-5-14(6-4-13)15(16,17)18/h3-6,19H,7-12H2,1-2H3. The van der Waals surface area contributed by atoms with E-state index in [2.05, 4.69) is 10.2 Å². The van der Waals surface area contributed by atoms with Crippen molar-refractivity contribution in [2.75, 3.05) is 46.9 Å². The van der Waals surface area contributed by atoms with Gasteiger partial charge in [0, 0.05) is 33.3 Å². The minimum Gasteiger partial charge on any atom is -0.383 e. The van der Waals surface area contributed by atoms with Crippen LogP contribution < -0.4 is 5.32 Å². The monoisotopic (exact) mass is 304 g/mol. The topological polar surface area (TPSA) is 24.5 Å². The molecule has 0 spiro atoms. The van der Waals surface area contributed by atoms with Crippen molar-refractivity contribution in [1.82, 2.24) is 10.2 Å². The van der Waals surface area contributed by atoms with Crippen LogP contribution >= 0.6 is 0 Å². The number of hydrogen-bond acceptors (Lipinski definition) is 3. The zero-order valence-corrected chi connectivity index (χ0v) is 12.5. The largest absolute Gasteiger partial charge is 0.416 e. The summed E-state index contributed by atoms with van der Waals surface area (Å²) in [5.74, 6) is 0. The highest BCUT2D eigenvalue weighted by atomic mass is 19.4. The fourth-order valence-electron chi connectivity index (χ4n) is 1.86. The summed E-state index contributed by atoms with van der Waals surface area (Å²) in [4.78, 5) is 2.15. The van der Waals surface area contributed by atoms with E-state index in [1.807, 2.05) is 7.05 Å². The predicted molar refractivity (Wildman–Crippen MR) is 77.4 cm³/mol. The van der Waals surface area contributed by atoms with Crippen LogP contribution in [0.5, 0.6) is 0 Å². The normalized spacial score (nSPS) is 12.1. The molecular weight excluding hydrogens is 281 g/mol. The summed E-state index contributed by atoms with van der Waals surface area (Å²) in [5, 5.41) is 3.25. The Hall–Kier alpha value is -1.11. The molecule has 6 heteroatoms. The first-order valence-corrected chi connectivity index (χ1v) is 6.98. The molecule has 1 rings (SSSR count). The average Bonchev–Trinajstić information content (AvgIpc) is 2.44. The van der Waals surface area contributed by atoms with E-state index in [0.29, 0.717) is 6.61 Å². The van der Waals surface area contributed by atoms with Gasteiger partial charge >= 0.3 is 6.18 Å². The maximum atomic E-state index is 12.4. The fourth-order valence-corrected chi connectivity index (χ4v) is 1.86. The van der Waals surface area contributed by atoms with E-state index in [4.69, 9.17) is 4.74 Å². The van der Waals surface area contributed by atoms with Gasteiger partial charge < -0.3 is 15.0 Å². The van der Waals surface area contributed by atoms with Crippen molar-refractivity contribution in [3.63, 3.8) is 0 Å². The van der Waals surface area contributed by atoms with E-state index in [-0.39, 0.29) is 0 Å². The van der Waals surface area contributed by atoms with Crippen LogP contribution in [-0.2, 0) is 17.3 Å². The van der Waals surface area contributed by atoms with Crippen molar-refractivity contribution in [3.05, 3.63) is 35.4 Å². The third-order valence-corrected chi connectivity index (χ3v) is 3.22. The molecule has 0 aliphatic carbocycles. The van der Waals surface area contributed by atoms with Gasteiger partial charge in [0.15, 0.2) is 0 Å². The molecule has 0 saturated carbocycles. The summed E-state index contributed by atoms with van der Waals surface area (Å²) in [7, 11) is 3.67. The highest BCUT2D eigenvalue weighted by molar-refractivity contribution is 5.24. The van der Waals surface area contributed by atoms with Gasteiger partial charge in [0.1, 0.15) is 0 Å². The first-order valence-electron chi connectivity index (χ1n) is 6.98. The van der Waals surface area contributed by atoms with Crippen molar-refractivity contribution in [3.8, 4) is 0 Å². The predicted octanol–water partition coefficient (Wildman–Crippen LogP) is 2.42. The molecule has 1 N–H and O–H groups in total. The number of nitrogens with zero attached hydrogens (tertiary/aromatic N) is 1. The molecule has 0 aromatic heterocycles. The Morgan fingerprint density at radius 3 is 2.33 bits per heavy atom. The number of benzene rings is 1. The highest BCUT2D eigenvalue weighted by Gasteiger charge is 2.29. The van der Waals surface area contributed by atoms with E-state index < -0.39 is 11.7 Å². The Morgan fingerprint density at radius 2 is 1.76 bits per heavy atom. The van der Waals surface area contributed by atoms with E-state index in [9.17, 15) is 13.2 Å². The molecule has 0 fully saturated rings. The second kappa shape index (κ2) is 9.02. The van der Waals surface area contributed by atoms with E-state index in [1.54, 1.807) is 19.2 Å². The van der Waals surface area contributed by atoms with Gasteiger partial charge in [-0.15, -0.1) is 0 Å². The van der Waals surface area contributed by atoms with Gasteiger partial charge in [0.05, 0.1) is 12.2 Å². The van der Waals surface area contributed by atoms with Crippen molar-refractivity contribution < 1.29 is 17.9 Å². The first-order chi connectivity index (χ1) is 9.93. The lowest BCUT2D eigenvalue weighted by Crippen LogP contribution is -2.32. The van der Waals surface area contributed by atoms with Crippen molar-refractivity contribution >= 4 is 0 Å². The lowest BCUT2D eigenvalue weighted by atomic mass is 10.1. The van der Waals surface area contributed by atoms with Crippen LogP contribution in [0.2, 0.25) is 0 Å². The number of halogens is 3.